The molecule has 60 valence electrons. The van der Waals surface area contributed by atoms with Crippen LogP contribution in [0, 0.1) is 0 Å². The maximum atomic E-state index is 10.4. The van der Waals surface area contributed by atoms with Crippen LogP contribution in [0.1, 0.15) is 33.1 Å². The molecule has 10 heavy (non-hydrogen) atoms. The summed E-state index contributed by atoms with van der Waals surface area (Å²) in [4.78, 5) is 10.4. The fourth-order valence-electron chi connectivity index (χ4n) is 0.670. The number of rotatable bonds is 6. The van der Waals surface area contributed by atoms with Crippen molar-refractivity contribution < 1.29 is 9.53 Å². The lowest BCUT2D eigenvalue weighted by Crippen LogP contribution is -2.04. The standard InChI is InChI=1S/C8H16O2/c1-3-4-5-6-10-7-8(2)9/h3-7H2,1-2H3. The Kier molecular flexibility index (Phi) is 6.50. The molecule has 0 radical (unpaired) electrons. The molecule has 0 aromatic rings. The molecular formula is C8H16O2. The van der Waals surface area contributed by atoms with Crippen molar-refractivity contribution in [1.82, 2.24) is 0 Å². The highest BCUT2D eigenvalue weighted by atomic mass is 16.5. The molecule has 0 unspecified atom stereocenters. The summed E-state index contributed by atoms with van der Waals surface area (Å²) in [7, 11) is 0. The molecule has 0 rings (SSSR count). The minimum Gasteiger partial charge on any atom is -0.374 e. The first kappa shape index (κ1) is 9.63. The van der Waals surface area contributed by atoms with Crippen molar-refractivity contribution in [3.05, 3.63) is 0 Å². The number of carbonyl (C=O) groups excluding carboxylic acids is 1. The first-order valence-electron chi connectivity index (χ1n) is 3.84. The molecule has 0 aromatic carbocycles. The number of Topliss-reactive ketones (excluding diaryl/α,β-unsaturated/α-hetero) is 1. The van der Waals surface area contributed by atoms with E-state index in [1.165, 1.54) is 12.8 Å². The Balaban J connectivity index is 2.84. The van der Waals surface area contributed by atoms with Crippen LogP contribution >= 0.6 is 0 Å². The molecule has 0 aliphatic heterocycles. The summed E-state index contributed by atoms with van der Waals surface area (Å²) in [5.41, 5.74) is 0. The Morgan fingerprint density at radius 3 is 2.60 bits per heavy atom. The van der Waals surface area contributed by atoms with Gasteiger partial charge < -0.3 is 4.74 Å². The average Bonchev–Trinajstić information content (AvgIpc) is 1.87. The number of ketones is 1. The van der Waals surface area contributed by atoms with E-state index in [4.69, 9.17) is 4.74 Å². The molecule has 0 saturated carbocycles. The largest absolute Gasteiger partial charge is 0.374 e. The summed E-state index contributed by atoms with van der Waals surface area (Å²) in [6.45, 7) is 4.70. The topological polar surface area (TPSA) is 26.3 Å². The summed E-state index contributed by atoms with van der Waals surface area (Å²) in [6, 6.07) is 0. The van der Waals surface area contributed by atoms with Gasteiger partial charge in [-0.2, -0.15) is 0 Å². The second-order valence-electron chi connectivity index (χ2n) is 2.46. The summed E-state index contributed by atoms with van der Waals surface area (Å²) >= 11 is 0. The third-order valence-corrected chi connectivity index (χ3v) is 1.20. The SMILES string of the molecule is CCCCCOCC(C)=O. The Labute approximate surface area is 62.6 Å². The van der Waals surface area contributed by atoms with E-state index in [-0.39, 0.29) is 12.4 Å². The minimum absolute atomic E-state index is 0.108. The summed E-state index contributed by atoms with van der Waals surface area (Å²) in [5.74, 6) is 0.108. The zero-order valence-electron chi connectivity index (χ0n) is 6.85. The molecule has 0 saturated heterocycles. The smallest absolute Gasteiger partial charge is 0.155 e. The van der Waals surface area contributed by atoms with Gasteiger partial charge in [0.25, 0.3) is 0 Å². The Morgan fingerprint density at radius 1 is 1.40 bits per heavy atom. The van der Waals surface area contributed by atoms with Crippen LogP contribution in [0.25, 0.3) is 0 Å². The van der Waals surface area contributed by atoms with E-state index in [1.54, 1.807) is 6.92 Å². The Morgan fingerprint density at radius 2 is 2.10 bits per heavy atom. The van der Waals surface area contributed by atoms with E-state index in [1.807, 2.05) is 0 Å². The van der Waals surface area contributed by atoms with Crippen LogP contribution < -0.4 is 0 Å². The van der Waals surface area contributed by atoms with E-state index in [0.717, 1.165) is 13.0 Å². The molecule has 0 spiro atoms. The first-order valence-corrected chi connectivity index (χ1v) is 3.84. The second kappa shape index (κ2) is 6.75. The number of hydrogen-bond donors (Lipinski definition) is 0. The zero-order valence-corrected chi connectivity index (χ0v) is 6.85. The van der Waals surface area contributed by atoms with Crippen molar-refractivity contribution in [3.8, 4) is 0 Å². The molecule has 0 aliphatic rings. The minimum atomic E-state index is 0.108. The van der Waals surface area contributed by atoms with E-state index in [2.05, 4.69) is 6.92 Å². The lowest BCUT2D eigenvalue weighted by Gasteiger charge is -1.98. The molecular weight excluding hydrogens is 128 g/mol. The summed E-state index contributed by atoms with van der Waals surface area (Å²) < 4.78 is 5.05. The van der Waals surface area contributed by atoms with Gasteiger partial charge >= 0.3 is 0 Å². The molecule has 0 bridgehead atoms. The molecule has 0 fully saturated rings. The fourth-order valence-corrected chi connectivity index (χ4v) is 0.670. The highest BCUT2D eigenvalue weighted by molar-refractivity contribution is 5.76. The fraction of sp³-hybridized carbons (Fsp3) is 0.875. The van der Waals surface area contributed by atoms with E-state index < -0.39 is 0 Å². The van der Waals surface area contributed by atoms with Crippen molar-refractivity contribution >= 4 is 5.78 Å². The summed E-state index contributed by atoms with van der Waals surface area (Å²) in [5, 5.41) is 0. The number of hydrogen-bond acceptors (Lipinski definition) is 2. The van der Waals surface area contributed by atoms with Gasteiger partial charge in [0.2, 0.25) is 0 Å². The molecule has 0 aromatic heterocycles. The highest BCUT2D eigenvalue weighted by Gasteiger charge is 1.91. The average molecular weight is 144 g/mol. The van der Waals surface area contributed by atoms with Crippen molar-refractivity contribution in [2.75, 3.05) is 13.2 Å². The normalized spacial score (nSPS) is 9.80. The third-order valence-electron chi connectivity index (χ3n) is 1.20. The number of ether oxygens (including phenoxy) is 1. The quantitative estimate of drug-likeness (QED) is 0.531. The Bertz CT molecular complexity index is 89.3. The van der Waals surface area contributed by atoms with Crippen LogP contribution in [0.5, 0.6) is 0 Å². The van der Waals surface area contributed by atoms with Crippen LogP contribution in [0.15, 0.2) is 0 Å². The van der Waals surface area contributed by atoms with Gasteiger partial charge in [-0.3, -0.25) is 4.79 Å². The molecule has 2 nitrogen and oxygen atoms in total. The van der Waals surface area contributed by atoms with Crippen molar-refractivity contribution in [2.45, 2.75) is 33.1 Å². The van der Waals surface area contributed by atoms with Crippen molar-refractivity contribution in [1.29, 1.82) is 0 Å². The third kappa shape index (κ3) is 7.63. The summed E-state index contributed by atoms with van der Waals surface area (Å²) in [6.07, 6.45) is 3.46. The molecule has 0 N–H and O–H groups in total. The lowest BCUT2D eigenvalue weighted by molar-refractivity contribution is -0.121. The maximum absolute atomic E-state index is 10.4. The van der Waals surface area contributed by atoms with Crippen LogP contribution in [0.3, 0.4) is 0 Å². The maximum Gasteiger partial charge on any atom is 0.155 e. The van der Waals surface area contributed by atoms with Crippen LogP contribution in [0.4, 0.5) is 0 Å². The molecule has 0 heterocycles. The van der Waals surface area contributed by atoms with Gasteiger partial charge in [-0.1, -0.05) is 19.8 Å². The molecule has 0 aliphatic carbocycles. The zero-order chi connectivity index (χ0) is 7.82. The van der Waals surface area contributed by atoms with Gasteiger partial charge in [0, 0.05) is 6.61 Å². The van der Waals surface area contributed by atoms with E-state index in [9.17, 15) is 4.79 Å². The Hall–Kier alpha value is -0.370. The van der Waals surface area contributed by atoms with Gasteiger partial charge in [-0.25, -0.2) is 0 Å². The van der Waals surface area contributed by atoms with Crippen molar-refractivity contribution in [2.24, 2.45) is 0 Å². The van der Waals surface area contributed by atoms with E-state index in [0.29, 0.717) is 0 Å². The molecule has 0 atom stereocenters. The van der Waals surface area contributed by atoms with Gasteiger partial charge in [-0.05, 0) is 13.3 Å². The predicted octanol–water partition coefficient (Wildman–Crippen LogP) is 1.78. The van der Waals surface area contributed by atoms with Gasteiger partial charge in [0.15, 0.2) is 5.78 Å². The monoisotopic (exact) mass is 144 g/mol. The van der Waals surface area contributed by atoms with Gasteiger partial charge in [-0.15, -0.1) is 0 Å². The number of carbonyl (C=O) groups is 1. The van der Waals surface area contributed by atoms with E-state index >= 15 is 0 Å². The van der Waals surface area contributed by atoms with Gasteiger partial charge in [0.05, 0.1) is 0 Å². The molecule has 0 amide bonds. The lowest BCUT2D eigenvalue weighted by atomic mass is 10.3. The van der Waals surface area contributed by atoms with Crippen LogP contribution in [-0.2, 0) is 9.53 Å². The van der Waals surface area contributed by atoms with Crippen LogP contribution in [0.2, 0.25) is 0 Å². The van der Waals surface area contributed by atoms with Gasteiger partial charge in [0.1, 0.15) is 6.61 Å². The number of unbranched alkanes of at least 4 members (excludes halogenated alkanes) is 2. The first-order chi connectivity index (χ1) is 4.77. The predicted molar refractivity (Wildman–Crippen MR) is 41.0 cm³/mol. The molecule has 2 heteroatoms. The van der Waals surface area contributed by atoms with Crippen LogP contribution in [-0.4, -0.2) is 19.0 Å². The van der Waals surface area contributed by atoms with Crippen molar-refractivity contribution in [3.63, 3.8) is 0 Å². The highest BCUT2D eigenvalue weighted by Crippen LogP contribution is 1.93. The second-order valence-corrected chi connectivity index (χ2v) is 2.46.